The first-order valence-corrected chi connectivity index (χ1v) is 10.6. The number of carbonyl (C=O) groups excluding carboxylic acids is 2. The molecule has 0 atom stereocenters. The molecule has 0 aliphatic rings. The minimum Gasteiger partial charge on any atom is -0.497 e. The molecule has 2 aromatic carbocycles. The van der Waals surface area contributed by atoms with E-state index in [-0.39, 0.29) is 18.2 Å². The minimum absolute atomic E-state index is 0.175. The van der Waals surface area contributed by atoms with Crippen molar-refractivity contribution in [1.29, 1.82) is 0 Å². The highest BCUT2D eigenvalue weighted by atomic mass is 35.5. The van der Waals surface area contributed by atoms with Gasteiger partial charge in [0.05, 0.1) is 23.8 Å². The fourth-order valence-corrected chi connectivity index (χ4v) is 4.18. The molecule has 0 unspecified atom stereocenters. The van der Waals surface area contributed by atoms with Crippen LogP contribution in [-0.4, -0.2) is 29.1 Å². The van der Waals surface area contributed by atoms with E-state index in [0.29, 0.717) is 32.5 Å². The second-order valence-corrected chi connectivity index (χ2v) is 8.30. The molecule has 0 aliphatic heterocycles. The zero-order valence-electron chi connectivity index (χ0n) is 16.6. The lowest BCUT2D eigenvalue weighted by molar-refractivity contribution is -0.115. The Balaban J connectivity index is 1.40. The minimum atomic E-state index is -0.215. The average molecular weight is 455 g/mol. The number of nitrogens with one attached hydrogen (secondary N) is 3. The summed E-state index contributed by atoms with van der Waals surface area (Å²) in [5.41, 5.74) is 1.77. The van der Waals surface area contributed by atoms with Crippen LogP contribution in [0.25, 0.3) is 10.2 Å². The monoisotopic (exact) mass is 454 g/mol. The van der Waals surface area contributed by atoms with Crippen molar-refractivity contribution in [3.05, 3.63) is 75.6 Å². The molecule has 0 saturated heterocycles. The number of halogens is 1. The van der Waals surface area contributed by atoms with Crippen molar-refractivity contribution in [2.45, 2.75) is 13.0 Å². The second-order valence-electron chi connectivity index (χ2n) is 6.81. The Morgan fingerprint density at radius 2 is 1.94 bits per heavy atom. The third-order valence-electron chi connectivity index (χ3n) is 4.60. The highest BCUT2D eigenvalue weighted by Gasteiger charge is 2.16. The highest BCUT2D eigenvalue weighted by Crippen LogP contribution is 2.29. The molecule has 2 amide bonds. The number of methoxy groups -OCH3 is 1. The van der Waals surface area contributed by atoms with Crippen LogP contribution in [0.5, 0.6) is 5.75 Å². The van der Waals surface area contributed by atoms with Crippen LogP contribution in [0.3, 0.4) is 0 Å². The molecule has 0 fully saturated rings. The van der Waals surface area contributed by atoms with Crippen LogP contribution < -0.4 is 15.4 Å². The normalized spacial score (nSPS) is 10.8. The SMILES string of the molecule is COc1ccc(CNC(=O)c2cc3c(NC(=O)Cc4cccc(Cl)c4)n[nH]c3s2)cc1. The van der Waals surface area contributed by atoms with Gasteiger partial charge in [-0.15, -0.1) is 11.3 Å². The number of rotatable bonds is 7. The third-order valence-corrected chi connectivity index (χ3v) is 5.88. The number of amides is 2. The van der Waals surface area contributed by atoms with Gasteiger partial charge in [0.25, 0.3) is 5.91 Å². The summed E-state index contributed by atoms with van der Waals surface area (Å²) in [6, 6.07) is 16.4. The van der Waals surface area contributed by atoms with E-state index in [1.54, 1.807) is 31.4 Å². The lowest BCUT2D eigenvalue weighted by Gasteiger charge is -2.05. The van der Waals surface area contributed by atoms with Gasteiger partial charge in [-0.05, 0) is 41.5 Å². The van der Waals surface area contributed by atoms with Gasteiger partial charge < -0.3 is 15.4 Å². The Kier molecular flexibility index (Phi) is 6.20. The van der Waals surface area contributed by atoms with Crippen LogP contribution in [-0.2, 0) is 17.8 Å². The number of thiophene rings is 1. The van der Waals surface area contributed by atoms with E-state index >= 15 is 0 Å². The standard InChI is InChI=1S/C22H19ClN4O3S/c1-30-16-7-5-13(6-8-16)12-24-21(29)18-11-17-20(26-27-22(17)31-18)25-19(28)10-14-3-2-4-15(23)9-14/h2-9,11H,10,12H2,1H3,(H,24,29)(H2,25,26,27,28). The number of benzene rings is 2. The van der Waals surface area contributed by atoms with Crippen molar-refractivity contribution < 1.29 is 14.3 Å². The lowest BCUT2D eigenvalue weighted by Crippen LogP contribution is -2.21. The molecular weight excluding hydrogens is 436 g/mol. The summed E-state index contributed by atoms with van der Waals surface area (Å²) < 4.78 is 5.14. The summed E-state index contributed by atoms with van der Waals surface area (Å²) in [7, 11) is 1.61. The molecule has 3 N–H and O–H groups in total. The van der Waals surface area contributed by atoms with Crippen molar-refractivity contribution in [1.82, 2.24) is 15.5 Å². The molecule has 31 heavy (non-hydrogen) atoms. The third kappa shape index (κ3) is 5.04. The molecule has 4 aromatic rings. The van der Waals surface area contributed by atoms with Gasteiger partial charge >= 0.3 is 0 Å². The first kappa shape index (κ1) is 20.9. The molecule has 4 rings (SSSR count). The number of anilines is 1. The van der Waals surface area contributed by atoms with E-state index in [9.17, 15) is 9.59 Å². The molecular formula is C22H19ClN4O3S. The van der Waals surface area contributed by atoms with Crippen LogP contribution in [0.4, 0.5) is 5.82 Å². The molecule has 9 heteroatoms. The van der Waals surface area contributed by atoms with Crippen LogP contribution in [0.2, 0.25) is 5.02 Å². The predicted molar refractivity (Wildman–Crippen MR) is 122 cm³/mol. The van der Waals surface area contributed by atoms with E-state index in [1.807, 2.05) is 30.3 Å². The number of carbonyl (C=O) groups is 2. The molecule has 0 radical (unpaired) electrons. The van der Waals surface area contributed by atoms with Crippen molar-refractivity contribution in [2.75, 3.05) is 12.4 Å². The van der Waals surface area contributed by atoms with Gasteiger partial charge in [-0.3, -0.25) is 14.7 Å². The Bertz CT molecular complexity index is 1230. The fraction of sp³-hybridized carbons (Fsp3) is 0.136. The van der Waals surface area contributed by atoms with Gasteiger partial charge in [-0.2, -0.15) is 5.10 Å². The van der Waals surface area contributed by atoms with Gasteiger partial charge in [0.1, 0.15) is 10.6 Å². The molecule has 2 heterocycles. The Morgan fingerprint density at radius 3 is 2.68 bits per heavy atom. The van der Waals surface area contributed by atoms with E-state index < -0.39 is 0 Å². The maximum Gasteiger partial charge on any atom is 0.261 e. The maximum absolute atomic E-state index is 12.6. The van der Waals surface area contributed by atoms with Crippen molar-refractivity contribution in [3.63, 3.8) is 0 Å². The summed E-state index contributed by atoms with van der Waals surface area (Å²) >= 11 is 7.25. The first-order chi connectivity index (χ1) is 15.0. The van der Waals surface area contributed by atoms with Gasteiger partial charge in [-0.1, -0.05) is 35.9 Å². The van der Waals surface area contributed by atoms with E-state index in [4.69, 9.17) is 16.3 Å². The summed E-state index contributed by atoms with van der Waals surface area (Å²) in [4.78, 5) is 26.2. The molecule has 0 aliphatic carbocycles. The zero-order valence-corrected chi connectivity index (χ0v) is 18.1. The number of hydrogen-bond donors (Lipinski definition) is 3. The molecule has 7 nitrogen and oxygen atoms in total. The molecule has 2 aromatic heterocycles. The summed E-state index contributed by atoms with van der Waals surface area (Å²) in [6.07, 6.45) is 0.175. The number of nitrogens with zero attached hydrogens (tertiary/aromatic N) is 1. The summed E-state index contributed by atoms with van der Waals surface area (Å²) in [5.74, 6) is 0.751. The highest BCUT2D eigenvalue weighted by molar-refractivity contribution is 7.20. The van der Waals surface area contributed by atoms with Crippen LogP contribution in [0, 0.1) is 0 Å². The molecule has 0 bridgehead atoms. The van der Waals surface area contributed by atoms with Crippen molar-refractivity contribution >= 4 is 50.8 Å². The van der Waals surface area contributed by atoms with Gasteiger partial charge in [0.15, 0.2) is 5.82 Å². The number of fused-ring (bicyclic) bond motifs is 1. The Morgan fingerprint density at radius 1 is 1.13 bits per heavy atom. The first-order valence-electron chi connectivity index (χ1n) is 9.45. The van der Waals surface area contributed by atoms with E-state index in [1.165, 1.54) is 11.3 Å². The summed E-state index contributed by atoms with van der Waals surface area (Å²) in [6.45, 7) is 0.399. The fourth-order valence-electron chi connectivity index (χ4n) is 3.05. The lowest BCUT2D eigenvalue weighted by atomic mass is 10.1. The predicted octanol–water partition coefficient (Wildman–Crippen LogP) is 4.40. The van der Waals surface area contributed by atoms with E-state index in [0.717, 1.165) is 16.9 Å². The van der Waals surface area contributed by atoms with Crippen LogP contribution in [0.15, 0.2) is 54.6 Å². The van der Waals surface area contributed by atoms with Crippen LogP contribution in [0.1, 0.15) is 20.8 Å². The van der Waals surface area contributed by atoms with Crippen LogP contribution >= 0.6 is 22.9 Å². The van der Waals surface area contributed by atoms with Gasteiger partial charge in [0, 0.05) is 11.6 Å². The quantitative estimate of drug-likeness (QED) is 0.385. The smallest absolute Gasteiger partial charge is 0.261 e. The zero-order chi connectivity index (χ0) is 21.8. The van der Waals surface area contributed by atoms with Crippen molar-refractivity contribution in [2.24, 2.45) is 0 Å². The molecule has 0 spiro atoms. The Hall–Kier alpha value is -3.36. The molecule has 158 valence electrons. The number of H-pyrrole nitrogens is 1. The number of ether oxygens (including phenoxy) is 1. The van der Waals surface area contributed by atoms with Gasteiger partial charge in [0.2, 0.25) is 5.91 Å². The number of hydrogen-bond acceptors (Lipinski definition) is 5. The Labute approximate surface area is 187 Å². The van der Waals surface area contributed by atoms with Gasteiger partial charge in [-0.25, -0.2) is 0 Å². The number of aromatic amines is 1. The second kappa shape index (κ2) is 9.20. The van der Waals surface area contributed by atoms with Crippen molar-refractivity contribution in [3.8, 4) is 5.75 Å². The van der Waals surface area contributed by atoms with E-state index in [2.05, 4.69) is 20.8 Å². The topological polar surface area (TPSA) is 96.1 Å². The number of aromatic nitrogens is 2. The molecule has 0 saturated carbocycles. The average Bonchev–Trinajstić information content (AvgIpc) is 3.34. The summed E-state index contributed by atoms with van der Waals surface area (Å²) in [5, 5.41) is 14.0. The maximum atomic E-state index is 12.6. The largest absolute Gasteiger partial charge is 0.497 e.